The van der Waals surface area contributed by atoms with E-state index in [-0.39, 0.29) is 23.5 Å². The monoisotopic (exact) mass is 515 g/mol. The van der Waals surface area contributed by atoms with Gasteiger partial charge in [0.25, 0.3) is 11.8 Å². The number of nitrogens with zero attached hydrogens (tertiary/aromatic N) is 3. The molecule has 178 valence electrons. The lowest BCUT2D eigenvalue weighted by Crippen LogP contribution is -2.24. The highest BCUT2D eigenvalue weighted by molar-refractivity contribution is 7.99. The van der Waals surface area contributed by atoms with Gasteiger partial charge in [-0.2, -0.15) is 18.3 Å². The Morgan fingerprint density at radius 2 is 1.94 bits per heavy atom. The van der Waals surface area contributed by atoms with Crippen LogP contribution in [-0.4, -0.2) is 26.6 Å². The summed E-state index contributed by atoms with van der Waals surface area (Å²) in [6.45, 7) is 1.90. The quantitative estimate of drug-likeness (QED) is 0.385. The molecule has 0 atom stereocenters. The van der Waals surface area contributed by atoms with Crippen LogP contribution in [0.5, 0.6) is 0 Å². The summed E-state index contributed by atoms with van der Waals surface area (Å²) in [7, 11) is 0. The van der Waals surface area contributed by atoms with Crippen molar-refractivity contribution in [2.24, 2.45) is 0 Å². The van der Waals surface area contributed by atoms with E-state index in [0.29, 0.717) is 27.3 Å². The molecule has 0 radical (unpaired) electrons. The predicted octanol–water partition coefficient (Wildman–Crippen LogP) is 5.30. The predicted molar refractivity (Wildman–Crippen MR) is 125 cm³/mol. The van der Waals surface area contributed by atoms with Gasteiger partial charge in [0, 0.05) is 32.6 Å². The smallest absolute Gasteiger partial charge is 0.347 e. The van der Waals surface area contributed by atoms with Crippen LogP contribution < -0.4 is 10.6 Å². The average Bonchev–Trinajstić information content (AvgIpc) is 3.47. The summed E-state index contributed by atoms with van der Waals surface area (Å²) in [6, 6.07) is 10.8. The number of alkyl halides is 3. The van der Waals surface area contributed by atoms with Gasteiger partial charge in [-0.05, 0) is 36.8 Å². The molecule has 0 bridgehead atoms. The van der Waals surface area contributed by atoms with Crippen molar-refractivity contribution in [1.29, 1.82) is 0 Å². The number of hydrogen-bond donors (Lipinski definition) is 2. The minimum atomic E-state index is -4.49. The number of amides is 2. The van der Waals surface area contributed by atoms with Gasteiger partial charge in [-0.15, -0.1) is 0 Å². The van der Waals surface area contributed by atoms with Crippen molar-refractivity contribution in [3.63, 3.8) is 0 Å². The van der Waals surface area contributed by atoms with Gasteiger partial charge in [0.05, 0.1) is 29.6 Å². The minimum Gasteiger partial charge on any atom is -0.347 e. The second-order valence-electron chi connectivity index (χ2n) is 7.63. The Hall–Kier alpha value is -3.64. The number of thiazole rings is 1. The van der Waals surface area contributed by atoms with E-state index in [1.54, 1.807) is 31.2 Å². The molecule has 0 saturated carbocycles. The van der Waals surface area contributed by atoms with Crippen molar-refractivity contribution in [3.8, 4) is 5.13 Å². The fraction of sp³-hybridized carbons (Fsp3) is 0.130. The first kappa shape index (κ1) is 23.1. The highest BCUT2D eigenvalue weighted by Gasteiger charge is 2.32. The maximum atomic E-state index is 12.9. The van der Waals surface area contributed by atoms with Crippen LogP contribution in [0.15, 0.2) is 64.8 Å². The lowest BCUT2D eigenvalue weighted by atomic mass is 10.1. The van der Waals surface area contributed by atoms with Crippen LogP contribution in [0.25, 0.3) is 5.13 Å². The highest BCUT2D eigenvalue weighted by Crippen LogP contribution is 2.41. The number of anilines is 1. The van der Waals surface area contributed by atoms with Crippen LogP contribution in [0.3, 0.4) is 0 Å². The molecule has 3 heterocycles. The number of benzene rings is 2. The molecule has 7 nitrogen and oxygen atoms in total. The normalized spacial score (nSPS) is 13.0. The molecule has 0 saturated heterocycles. The Labute approximate surface area is 205 Å². The number of rotatable bonds is 4. The van der Waals surface area contributed by atoms with Crippen LogP contribution in [0, 0.1) is 6.92 Å². The maximum absolute atomic E-state index is 12.9. The number of carbonyl (C=O) groups is 2. The molecule has 5 rings (SSSR count). The summed E-state index contributed by atoms with van der Waals surface area (Å²) >= 11 is 2.57. The van der Waals surface area contributed by atoms with E-state index in [1.165, 1.54) is 18.0 Å². The fourth-order valence-electron chi connectivity index (χ4n) is 3.54. The largest absolute Gasteiger partial charge is 0.419 e. The minimum absolute atomic E-state index is 0.132. The molecule has 0 unspecified atom stereocenters. The molecule has 12 heteroatoms. The Kier molecular flexibility index (Phi) is 5.85. The van der Waals surface area contributed by atoms with Gasteiger partial charge in [0.1, 0.15) is 0 Å². The number of aromatic nitrogens is 3. The van der Waals surface area contributed by atoms with Crippen LogP contribution in [0.2, 0.25) is 0 Å². The topological polar surface area (TPSA) is 88.9 Å². The third-order valence-electron chi connectivity index (χ3n) is 5.33. The number of hydrogen-bond acceptors (Lipinski definition) is 6. The Morgan fingerprint density at radius 3 is 2.71 bits per heavy atom. The lowest BCUT2D eigenvalue weighted by Gasteiger charge is -2.14. The summed E-state index contributed by atoms with van der Waals surface area (Å²) < 4.78 is 39.5. The summed E-state index contributed by atoms with van der Waals surface area (Å²) in [5.74, 6) is -0.586. The van der Waals surface area contributed by atoms with Crippen LogP contribution in [-0.2, 0) is 12.7 Å². The number of carbonyl (C=O) groups excluding carboxylic acids is 2. The molecule has 2 aromatic heterocycles. The van der Waals surface area contributed by atoms with Crippen LogP contribution in [0.1, 0.15) is 36.7 Å². The second-order valence-corrected chi connectivity index (χ2v) is 9.80. The van der Waals surface area contributed by atoms with E-state index < -0.39 is 11.7 Å². The van der Waals surface area contributed by atoms with Crippen LogP contribution >= 0.6 is 23.1 Å². The molecule has 0 aliphatic carbocycles. The Morgan fingerprint density at radius 1 is 1.14 bits per heavy atom. The van der Waals surface area contributed by atoms with E-state index in [1.807, 2.05) is 12.1 Å². The summed E-state index contributed by atoms with van der Waals surface area (Å²) in [6.07, 6.45) is -1.41. The second kappa shape index (κ2) is 8.86. The molecular weight excluding hydrogens is 499 g/mol. The van der Waals surface area contributed by atoms with Gasteiger partial charge < -0.3 is 10.6 Å². The van der Waals surface area contributed by atoms with E-state index in [4.69, 9.17) is 0 Å². The fourth-order valence-corrected chi connectivity index (χ4v) is 5.42. The van der Waals surface area contributed by atoms with Crippen molar-refractivity contribution in [2.45, 2.75) is 29.4 Å². The standard InChI is InChI=1S/C23H16F3N5O2S2/c1-12-15(6-7-18-19(12)30-21(33)16-4-2-3-5-17(16)35-18)20(32)27-9-14-10-28-22(34-14)31-11-13(8-29-31)23(24,25)26/h2-8,10-11H,9H2,1H3,(H,27,32)(H,30,33). The zero-order chi connectivity index (χ0) is 24.7. The van der Waals surface area contributed by atoms with E-state index >= 15 is 0 Å². The third-order valence-corrected chi connectivity index (χ3v) is 7.45. The molecular formula is C23H16F3N5O2S2. The zero-order valence-corrected chi connectivity index (χ0v) is 19.6. The summed E-state index contributed by atoms with van der Waals surface area (Å²) in [5, 5.41) is 9.68. The summed E-state index contributed by atoms with van der Waals surface area (Å²) in [5.41, 5.74) is 1.33. The van der Waals surface area contributed by atoms with Crippen molar-refractivity contribution in [2.75, 3.05) is 5.32 Å². The molecule has 35 heavy (non-hydrogen) atoms. The maximum Gasteiger partial charge on any atom is 0.419 e. The molecule has 2 amide bonds. The van der Waals surface area contributed by atoms with Crippen molar-refractivity contribution < 1.29 is 22.8 Å². The molecule has 2 aromatic carbocycles. The lowest BCUT2D eigenvalue weighted by molar-refractivity contribution is -0.137. The van der Waals surface area contributed by atoms with Crippen molar-refractivity contribution in [3.05, 3.63) is 82.1 Å². The van der Waals surface area contributed by atoms with E-state index in [2.05, 4.69) is 20.7 Å². The van der Waals surface area contributed by atoms with Gasteiger partial charge in [0.15, 0.2) is 0 Å². The van der Waals surface area contributed by atoms with Gasteiger partial charge in [0.2, 0.25) is 5.13 Å². The van der Waals surface area contributed by atoms with Crippen molar-refractivity contribution >= 4 is 40.6 Å². The SMILES string of the molecule is Cc1c(C(=O)NCc2cnc(-n3cc(C(F)(F)F)cn3)s2)ccc2c1NC(=O)c1ccccc1S2. The number of fused-ring (bicyclic) bond motifs is 2. The molecule has 1 aliphatic rings. The van der Waals surface area contributed by atoms with Gasteiger partial charge in [-0.1, -0.05) is 35.2 Å². The Bertz CT molecular complexity index is 1460. The van der Waals surface area contributed by atoms with Gasteiger partial charge in [-0.3, -0.25) is 9.59 Å². The number of halogens is 3. The average molecular weight is 516 g/mol. The summed E-state index contributed by atoms with van der Waals surface area (Å²) in [4.78, 5) is 32.0. The molecule has 0 spiro atoms. The first-order chi connectivity index (χ1) is 16.7. The zero-order valence-electron chi connectivity index (χ0n) is 18.0. The van der Waals surface area contributed by atoms with Gasteiger partial charge >= 0.3 is 6.18 Å². The molecule has 2 N–H and O–H groups in total. The first-order valence-corrected chi connectivity index (χ1v) is 11.9. The number of nitrogens with one attached hydrogen (secondary N) is 2. The van der Waals surface area contributed by atoms with E-state index in [9.17, 15) is 22.8 Å². The van der Waals surface area contributed by atoms with Crippen LogP contribution in [0.4, 0.5) is 18.9 Å². The molecule has 4 aromatic rings. The first-order valence-electron chi connectivity index (χ1n) is 10.3. The highest BCUT2D eigenvalue weighted by atomic mass is 32.2. The molecule has 0 fully saturated rings. The Balaban J connectivity index is 1.31. The molecule has 1 aliphatic heterocycles. The van der Waals surface area contributed by atoms with Crippen molar-refractivity contribution in [1.82, 2.24) is 20.1 Å². The third kappa shape index (κ3) is 4.54. The van der Waals surface area contributed by atoms with Gasteiger partial charge in [-0.25, -0.2) is 9.67 Å². The van der Waals surface area contributed by atoms with E-state index in [0.717, 1.165) is 38.2 Å².